The molecule has 0 amide bonds. The number of hydrogen-bond acceptors (Lipinski definition) is 2. The van der Waals surface area contributed by atoms with E-state index in [2.05, 4.69) is 0 Å². The normalized spacial score (nSPS) is 10.1. The van der Waals surface area contributed by atoms with E-state index >= 15 is 0 Å². The minimum Gasteiger partial charge on any atom is -0.398 e. The second kappa shape index (κ2) is 2.88. The summed E-state index contributed by atoms with van der Waals surface area (Å²) in [5, 5.41) is 0. The average molecular weight is 154 g/mol. The van der Waals surface area contributed by atoms with E-state index in [-0.39, 0.29) is 12.4 Å². The zero-order valence-electron chi connectivity index (χ0n) is 6.39. The molecule has 0 spiro atoms. The fraction of sp³-hybridized carbons (Fsp3) is 0.250. The molecule has 0 fully saturated rings. The van der Waals surface area contributed by atoms with Crippen LogP contribution in [0.3, 0.4) is 0 Å². The standard InChI is InChI=1S/C8H11FN2/c1-5-2-3-7(9)6(4-10)8(5)11/h2-3H,4,10-11H2,1H3. The van der Waals surface area contributed by atoms with Gasteiger partial charge in [-0.25, -0.2) is 4.39 Å². The Bertz CT molecular complexity index is 271. The second-order valence-electron chi connectivity index (χ2n) is 2.46. The summed E-state index contributed by atoms with van der Waals surface area (Å²) in [6.45, 7) is 1.98. The van der Waals surface area contributed by atoms with Gasteiger partial charge in [0.25, 0.3) is 0 Å². The molecule has 0 bridgehead atoms. The van der Waals surface area contributed by atoms with Crippen LogP contribution in [0.5, 0.6) is 0 Å². The molecule has 1 aromatic carbocycles. The van der Waals surface area contributed by atoms with E-state index in [0.717, 1.165) is 5.56 Å². The molecule has 60 valence electrons. The van der Waals surface area contributed by atoms with Gasteiger partial charge in [0.1, 0.15) is 5.82 Å². The van der Waals surface area contributed by atoms with Gasteiger partial charge >= 0.3 is 0 Å². The summed E-state index contributed by atoms with van der Waals surface area (Å²) in [4.78, 5) is 0. The Morgan fingerprint density at radius 1 is 1.45 bits per heavy atom. The van der Waals surface area contributed by atoms with Crippen molar-refractivity contribution in [2.45, 2.75) is 13.5 Å². The first kappa shape index (κ1) is 8.01. The fourth-order valence-electron chi connectivity index (χ4n) is 0.963. The van der Waals surface area contributed by atoms with Crippen LogP contribution in [0.25, 0.3) is 0 Å². The topological polar surface area (TPSA) is 52.0 Å². The van der Waals surface area contributed by atoms with Crippen LogP contribution in [0.15, 0.2) is 12.1 Å². The highest BCUT2D eigenvalue weighted by atomic mass is 19.1. The lowest BCUT2D eigenvalue weighted by atomic mass is 10.1. The number of nitrogens with two attached hydrogens (primary N) is 2. The van der Waals surface area contributed by atoms with E-state index in [1.165, 1.54) is 6.07 Å². The zero-order chi connectivity index (χ0) is 8.43. The third kappa shape index (κ3) is 1.33. The number of anilines is 1. The highest BCUT2D eigenvalue weighted by Gasteiger charge is 2.05. The number of nitrogen functional groups attached to an aromatic ring is 1. The lowest BCUT2D eigenvalue weighted by molar-refractivity contribution is 0.611. The predicted molar refractivity (Wildman–Crippen MR) is 43.4 cm³/mol. The molecule has 1 aromatic rings. The monoisotopic (exact) mass is 154 g/mol. The van der Waals surface area contributed by atoms with Gasteiger partial charge in [-0.2, -0.15) is 0 Å². The van der Waals surface area contributed by atoms with Crippen molar-refractivity contribution in [3.8, 4) is 0 Å². The van der Waals surface area contributed by atoms with Crippen LogP contribution in [-0.2, 0) is 6.54 Å². The van der Waals surface area contributed by atoms with Crippen LogP contribution in [-0.4, -0.2) is 0 Å². The number of halogens is 1. The first-order chi connectivity index (χ1) is 5.16. The molecule has 0 heterocycles. The van der Waals surface area contributed by atoms with Crippen molar-refractivity contribution >= 4 is 5.69 Å². The Morgan fingerprint density at radius 2 is 2.09 bits per heavy atom. The molecule has 11 heavy (non-hydrogen) atoms. The van der Waals surface area contributed by atoms with Crippen molar-refractivity contribution in [2.24, 2.45) is 5.73 Å². The van der Waals surface area contributed by atoms with Gasteiger partial charge < -0.3 is 11.5 Å². The van der Waals surface area contributed by atoms with Crippen molar-refractivity contribution in [1.29, 1.82) is 0 Å². The molecular weight excluding hydrogens is 143 g/mol. The van der Waals surface area contributed by atoms with Gasteiger partial charge in [-0.3, -0.25) is 0 Å². The molecule has 1 rings (SSSR count). The SMILES string of the molecule is Cc1ccc(F)c(CN)c1N. The summed E-state index contributed by atoms with van der Waals surface area (Å²) in [6.07, 6.45) is 0. The van der Waals surface area contributed by atoms with Crippen LogP contribution in [0.1, 0.15) is 11.1 Å². The van der Waals surface area contributed by atoms with Crippen molar-refractivity contribution in [3.63, 3.8) is 0 Å². The van der Waals surface area contributed by atoms with Crippen molar-refractivity contribution < 1.29 is 4.39 Å². The summed E-state index contributed by atoms with van der Waals surface area (Å²) in [7, 11) is 0. The Labute approximate surface area is 65.0 Å². The molecule has 0 aliphatic rings. The number of rotatable bonds is 1. The first-order valence-electron chi connectivity index (χ1n) is 3.40. The van der Waals surface area contributed by atoms with E-state index in [1.807, 2.05) is 6.92 Å². The Kier molecular flexibility index (Phi) is 2.10. The summed E-state index contributed by atoms with van der Waals surface area (Å²) in [5.74, 6) is -0.324. The maximum absolute atomic E-state index is 12.9. The van der Waals surface area contributed by atoms with Crippen molar-refractivity contribution in [2.75, 3.05) is 5.73 Å². The van der Waals surface area contributed by atoms with E-state index in [1.54, 1.807) is 6.07 Å². The summed E-state index contributed by atoms with van der Waals surface area (Å²) < 4.78 is 12.9. The molecule has 3 heteroatoms. The smallest absolute Gasteiger partial charge is 0.129 e. The minimum atomic E-state index is -0.324. The molecule has 0 aliphatic carbocycles. The van der Waals surface area contributed by atoms with Crippen LogP contribution in [0, 0.1) is 12.7 Å². The van der Waals surface area contributed by atoms with Gasteiger partial charge in [0, 0.05) is 17.8 Å². The molecule has 0 saturated heterocycles. The molecular formula is C8H11FN2. The van der Waals surface area contributed by atoms with Crippen LogP contribution >= 0.6 is 0 Å². The largest absolute Gasteiger partial charge is 0.398 e. The fourth-order valence-corrected chi connectivity index (χ4v) is 0.963. The first-order valence-corrected chi connectivity index (χ1v) is 3.40. The second-order valence-corrected chi connectivity index (χ2v) is 2.46. The third-order valence-corrected chi connectivity index (χ3v) is 1.72. The van der Waals surface area contributed by atoms with E-state index in [4.69, 9.17) is 11.5 Å². The molecule has 0 aliphatic heterocycles. The molecule has 0 radical (unpaired) electrons. The molecule has 4 N–H and O–H groups in total. The van der Waals surface area contributed by atoms with Gasteiger partial charge in [-0.15, -0.1) is 0 Å². The highest BCUT2D eigenvalue weighted by Crippen LogP contribution is 2.19. The van der Waals surface area contributed by atoms with Crippen LogP contribution in [0.4, 0.5) is 10.1 Å². The Hall–Kier alpha value is -1.09. The third-order valence-electron chi connectivity index (χ3n) is 1.72. The maximum atomic E-state index is 12.9. The quantitative estimate of drug-likeness (QED) is 0.597. The molecule has 2 nitrogen and oxygen atoms in total. The maximum Gasteiger partial charge on any atom is 0.129 e. The molecule has 0 aromatic heterocycles. The Morgan fingerprint density at radius 3 is 2.55 bits per heavy atom. The zero-order valence-corrected chi connectivity index (χ0v) is 6.39. The van der Waals surface area contributed by atoms with Gasteiger partial charge in [0.2, 0.25) is 0 Å². The van der Waals surface area contributed by atoms with Crippen LogP contribution < -0.4 is 11.5 Å². The number of benzene rings is 1. The molecule has 0 unspecified atom stereocenters. The van der Waals surface area contributed by atoms with Crippen molar-refractivity contribution in [1.82, 2.24) is 0 Å². The minimum absolute atomic E-state index is 0.152. The summed E-state index contributed by atoms with van der Waals surface area (Å²) in [6, 6.07) is 3.03. The van der Waals surface area contributed by atoms with E-state index < -0.39 is 0 Å². The van der Waals surface area contributed by atoms with Crippen LogP contribution in [0.2, 0.25) is 0 Å². The predicted octanol–water partition coefficient (Wildman–Crippen LogP) is 1.18. The van der Waals surface area contributed by atoms with E-state index in [9.17, 15) is 4.39 Å². The summed E-state index contributed by atoms with van der Waals surface area (Å²) >= 11 is 0. The average Bonchev–Trinajstić information content (AvgIpc) is 1.99. The van der Waals surface area contributed by atoms with Gasteiger partial charge in [0.05, 0.1) is 0 Å². The van der Waals surface area contributed by atoms with Gasteiger partial charge in [0.15, 0.2) is 0 Å². The lowest BCUT2D eigenvalue weighted by Crippen LogP contribution is -2.05. The highest BCUT2D eigenvalue weighted by molar-refractivity contribution is 5.53. The Balaban J connectivity index is 3.29. The van der Waals surface area contributed by atoms with Gasteiger partial charge in [-0.1, -0.05) is 6.07 Å². The molecule has 0 saturated carbocycles. The van der Waals surface area contributed by atoms with Gasteiger partial charge in [-0.05, 0) is 18.6 Å². The summed E-state index contributed by atoms with van der Waals surface area (Å²) in [5.41, 5.74) is 12.6. The number of hydrogen-bond donors (Lipinski definition) is 2. The number of aryl methyl sites for hydroxylation is 1. The lowest BCUT2D eigenvalue weighted by Gasteiger charge is -2.06. The van der Waals surface area contributed by atoms with E-state index in [0.29, 0.717) is 11.3 Å². The van der Waals surface area contributed by atoms with Crippen molar-refractivity contribution in [3.05, 3.63) is 29.1 Å². The molecule has 0 atom stereocenters.